The Morgan fingerprint density at radius 3 is 2.83 bits per heavy atom. The van der Waals surface area contributed by atoms with Crippen LogP contribution >= 0.6 is 11.3 Å². The van der Waals surface area contributed by atoms with Gasteiger partial charge < -0.3 is 19.1 Å². The van der Waals surface area contributed by atoms with E-state index in [0.29, 0.717) is 28.9 Å². The molecule has 0 unspecified atom stereocenters. The van der Waals surface area contributed by atoms with Crippen LogP contribution < -0.4 is 10.2 Å². The van der Waals surface area contributed by atoms with E-state index < -0.39 is 0 Å². The summed E-state index contributed by atoms with van der Waals surface area (Å²) in [7, 11) is 3.60. The predicted molar refractivity (Wildman–Crippen MR) is 134 cm³/mol. The van der Waals surface area contributed by atoms with Crippen LogP contribution in [-0.2, 0) is 29.1 Å². The first-order valence-electron chi connectivity index (χ1n) is 11.4. The Morgan fingerprint density at radius 2 is 1.97 bits per heavy atom. The van der Waals surface area contributed by atoms with Crippen molar-refractivity contribution in [2.24, 2.45) is 0 Å². The molecule has 0 spiro atoms. The van der Waals surface area contributed by atoms with E-state index in [2.05, 4.69) is 26.5 Å². The molecule has 35 heavy (non-hydrogen) atoms. The van der Waals surface area contributed by atoms with Gasteiger partial charge in [0, 0.05) is 31.6 Å². The first kappa shape index (κ1) is 21.8. The molecule has 0 radical (unpaired) electrons. The fourth-order valence-corrected chi connectivity index (χ4v) is 6.00. The maximum atomic E-state index is 13.4. The molecule has 0 saturated carbocycles. The highest BCUT2D eigenvalue weighted by molar-refractivity contribution is 7.15. The lowest BCUT2D eigenvalue weighted by atomic mass is 9.96. The number of carbonyl (C=O) groups excluding carboxylic acids is 2. The van der Waals surface area contributed by atoms with Crippen molar-refractivity contribution in [1.29, 1.82) is 0 Å². The van der Waals surface area contributed by atoms with Gasteiger partial charge in [-0.2, -0.15) is 0 Å². The van der Waals surface area contributed by atoms with E-state index in [1.54, 1.807) is 7.11 Å². The van der Waals surface area contributed by atoms with Gasteiger partial charge in [-0.05, 0) is 30.2 Å². The second-order valence-electron chi connectivity index (χ2n) is 8.70. The van der Waals surface area contributed by atoms with Crippen LogP contribution in [0.15, 0.2) is 48.5 Å². The van der Waals surface area contributed by atoms with Crippen LogP contribution in [0.4, 0.5) is 10.8 Å². The van der Waals surface area contributed by atoms with Crippen LogP contribution in [0.3, 0.4) is 0 Å². The van der Waals surface area contributed by atoms with Gasteiger partial charge in [0.2, 0.25) is 11.0 Å². The Bertz CT molecular complexity index is 1460. The van der Waals surface area contributed by atoms with Gasteiger partial charge in [0.15, 0.2) is 0 Å². The van der Waals surface area contributed by atoms with Crippen LogP contribution in [0, 0.1) is 0 Å². The number of amides is 2. The smallest absolute Gasteiger partial charge is 0.257 e. The highest BCUT2D eigenvalue weighted by Crippen LogP contribution is 2.44. The van der Waals surface area contributed by atoms with Crippen LogP contribution in [-0.4, -0.2) is 52.2 Å². The summed E-state index contributed by atoms with van der Waals surface area (Å²) < 4.78 is 7.14. The molecular formula is C25H24N6O3S. The van der Waals surface area contributed by atoms with Gasteiger partial charge in [0.25, 0.3) is 5.91 Å². The zero-order chi connectivity index (χ0) is 24.1. The number of hydrogen-bond acceptors (Lipinski definition) is 7. The number of anilines is 2. The van der Waals surface area contributed by atoms with E-state index in [0.717, 1.165) is 28.7 Å². The molecule has 2 aromatic carbocycles. The number of aromatic nitrogens is 3. The predicted octanol–water partition coefficient (Wildman–Crippen LogP) is 3.42. The standard InChI is InChI=1S/C25H24N6O3S/c1-29-18-9-5-4-8-17(18)24(33)30-12-11-16-15-7-3-6-10-19(15)31(22(16)23(29)30)13-20(32)26-25-28-27-21(35-25)14-34-2/h3-10,23H,11-14H2,1-2H3,(H,26,28,32)/t23-/m1/s1. The average Bonchev–Trinajstić information content (AvgIpc) is 3.44. The van der Waals surface area contributed by atoms with Crippen LogP contribution in [0.25, 0.3) is 10.9 Å². The summed E-state index contributed by atoms with van der Waals surface area (Å²) >= 11 is 1.29. The van der Waals surface area contributed by atoms with Crippen LogP contribution in [0.5, 0.6) is 0 Å². The van der Waals surface area contributed by atoms with E-state index in [4.69, 9.17) is 4.74 Å². The van der Waals surface area contributed by atoms with Gasteiger partial charge in [-0.25, -0.2) is 0 Å². The number of benzene rings is 2. The van der Waals surface area contributed by atoms with E-state index in [1.807, 2.05) is 59.0 Å². The lowest BCUT2D eigenvalue weighted by molar-refractivity contribution is -0.116. The molecule has 178 valence electrons. The molecule has 4 heterocycles. The highest BCUT2D eigenvalue weighted by Gasteiger charge is 2.42. The van der Waals surface area contributed by atoms with Crippen LogP contribution in [0.2, 0.25) is 0 Å². The quantitative estimate of drug-likeness (QED) is 0.463. The summed E-state index contributed by atoms with van der Waals surface area (Å²) in [6.45, 7) is 1.08. The van der Waals surface area contributed by atoms with Crippen molar-refractivity contribution in [1.82, 2.24) is 19.7 Å². The summed E-state index contributed by atoms with van der Waals surface area (Å²) in [5.74, 6) is -0.175. The Kier molecular flexibility index (Phi) is 5.27. The minimum Gasteiger partial charge on any atom is -0.377 e. The third-order valence-corrected chi connectivity index (χ3v) is 7.50. The summed E-state index contributed by atoms with van der Waals surface area (Å²) in [6.07, 6.45) is 0.440. The Balaban J connectivity index is 1.41. The number of nitrogens with zero attached hydrogens (tertiary/aromatic N) is 5. The molecule has 1 atom stereocenters. The Morgan fingerprint density at radius 1 is 1.17 bits per heavy atom. The number of fused-ring (bicyclic) bond motifs is 6. The molecule has 9 nitrogen and oxygen atoms in total. The van der Waals surface area contributed by atoms with E-state index >= 15 is 0 Å². The number of carbonyl (C=O) groups is 2. The van der Waals surface area contributed by atoms with Crippen molar-refractivity contribution < 1.29 is 14.3 Å². The van der Waals surface area contributed by atoms with Gasteiger partial charge in [-0.3, -0.25) is 14.9 Å². The first-order chi connectivity index (χ1) is 17.1. The molecule has 2 aliphatic rings. The molecule has 0 bridgehead atoms. The molecule has 1 N–H and O–H groups in total. The van der Waals surface area contributed by atoms with E-state index in [1.165, 1.54) is 16.9 Å². The monoisotopic (exact) mass is 488 g/mol. The molecular weight excluding hydrogens is 464 g/mol. The van der Waals surface area contributed by atoms with Gasteiger partial charge >= 0.3 is 0 Å². The molecule has 4 aromatic rings. The van der Waals surface area contributed by atoms with Gasteiger partial charge in [-0.1, -0.05) is 41.7 Å². The number of para-hydroxylation sites is 2. The van der Waals surface area contributed by atoms with Crippen molar-refractivity contribution in [3.63, 3.8) is 0 Å². The summed E-state index contributed by atoms with van der Waals surface area (Å²) in [5.41, 5.74) is 4.75. The molecule has 0 aliphatic carbocycles. The summed E-state index contributed by atoms with van der Waals surface area (Å²) in [4.78, 5) is 30.7. The SMILES string of the molecule is COCc1nnc(NC(=O)Cn2c3c(c4ccccc42)CCN2C(=O)c4ccccc4N(C)[C@@H]32)s1. The zero-order valence-corrected chi connectivity index (χ0v) is 20.2. The average molecular weight is 489 g/mol. The van der Waals surface area contributed by atoms with Gasteiger partial charge in [0.05, 0.1) is 16.9 Å². The fraction of sp³-hybridized carbons (Fsp3) is 0.280. The Hall–Kier alpha value is -3.76. The molecule has 10 heteroatoms. The van der Waals surface area contributed by atoms with Crippen LogP contribution in [0.1, 0.15) is 32.8 Å². The maximum absolute atomic E-state index is 13.4. The third-order valence-electron chi connectivity index (χ3n) is 6.69. The second kappa shape index (κ2) is 8.47. The van der Waals surface area contributed by atoms with E-state index in [-0.39, 0.29) is 24.5 Å². The second-order valence-corrected chi connectivity index (χ2v) is 9.76. The first-order valence-corrected chi connectivity index (χ1v) is 12.2. The lowest BCUT2D eigenvalue weighted by Gasteiger charge is -2.46. The largest absolute Gasteiger partial charge is 0.377 e. The molecule has 2 aromatic heterocycles. The highest BCUT2D eigenvalue weighted by atomic mass is 32.1. The zero-order valence-electron chi connectivity index (χ0n) is 19.4. The lowest BCUT2D eigenvalue weighted by Crippen LogP contribution is -2.51. The number of rotatable bonds is 5. The van der Waals surface area contributed by atoms with Crippen molar-refractivity contribution >= 4 is 44.9 Å². The minimum absolute atomic E-state index is 0.0233. The molecule has 6 rings (SSSR count). The Labute approximate surface area is 205 Å². The summed E-state index contributed by atoms with van der Waals surface area (Å²) in [6, 6.07) is 15.8. The molecule has 0 fully saturated rings. The normalized spacial score (nSPS) is 16.7. The van der Waals surface area contributed by atoms with Crippen molar-refractivity contribution in [3.05, 3.63) is 70.4 Å². The van der Waals surface area contributed by atoms with Gasteiger partial charge in [-0.15, -0.1) is 10.2 Å². The third kappa shape index (κ3) is 3.48. The molecule has 2 aliphatic heterocycles. The number of methoxy groups -OCH3 is 1. The van der Waals surface area contributed by atoms with Crippen molar-refractivity contribution in [3.8, 4) is 0 Å². The minimum atomic E-state index is -0.295. The molecule has 0 saturated heterocycles. The number of nitrogens with one attached hydrogen (secondary N) is 1. The van der Waals surface area contributed by atoms with Gasteiger partial charge in [0.1, 0.15) is 24.3 Å². The topological polar surface area (TPSA) is 92.6 Å². The molecule has 2 amide bonds. The van der Waals surface area contributed by atoms with E-state index in [9.17, 15) is 9.59 Å². The van der Waals surface area contributed by atoms with Crippen molar-refractivity contribution in [2.75, 3.05) is 30.9 Å². The van der Waals surface area contributed by atoms with Crippen molar-refractivity contribution in [2.45, 2.75) is 25.7 Å². The number of ether oxygens (including phenoxy) is 1. The number of hydrogen-bond donors (Lipinski definition) is 1. The maximum Gasteiger partial charge on any atom is 0.257 e. The fourth-order valence-electron chi connectivity index (χ4n) is 5.27. The summed E-state index contributed by atoms with van der Waals surface area (Å²) in [5, 5.41) is 13.2.